The summed E-state index contributed by atoms with van der Waals surface area (Å²) in [6.07, 6.45) is 1.73. The maximum Gasteiger partial charge on any atom is 0.325 e. The van der Waals surface area contributed by atoms with Crippen molar-refractivity contribution in [3.8, 4) is 11.3 Å². The number of thiocarbonyl (C=S) groups is 1. The predicted molar refractivity (Wildman–Crippen MR) is 123 cm³/mol. The van der Waals surface area contributed by atoms with Crippen LogP contribution in [0.15, 0.2) is 59.1 Å². The van der Waals surface area contributed by atoms with Gasteiger partial charge in [-0.25, -0.2) is 0 Å². The molecule has 1 aliphatic heterocycles. The monoisotopic (exact) mass is 455 g/mol. The summed E-state index contributed by atoms with van der Waals surface area (Å²) < 4.78 is 11.4. The summed E-state index contributed by atoms with van der Waals surface area (Å²) in [6, 6.07) is 14.7. The number of pyridine rings is 1. The van der Waals surface area contributed by atoms with Crippen molar-refractivity contribution in [2.75, 3.05) is 13.2 Å². The highest BCUT2D eigenvalue weighted by atomic mass is 35.5. The van der Waals surface area contributed by atoms with Gasteiger partial charge in [0.05, 0.1) is 18.3 Å². The van der Waals surface area contributed by atoms with Crippen molar-refractivity contribution in [3.63, 3.8) is 0 Å². The molecular weight excluding hydrogens is 434 g/mol. The molecule has 3 aromatic rings. The minimum absolute atomic E-state index is 0.0140. The summed E-state index contributed by atoms with van der Waals surface area (Å²) in [5.74, 6) is 1.000. The highest BCUT2D eigenvalue weighted by Gasteiger charge is 2.42. The number of esters is 1. The molecule has 1 N–H and O–H groups in total. The lowest BCUT2D eigenvalue weighted by Crippen LogP contribution is -2.35. The first kappa shape index (κ1) is 21.3. The maximum absolute atomic E-state index is 12.2. The summed E-state index contributed by atoms with van der Waals surface area (Å²) >= 11 is 11.8. The van der Waals surface area contributed by atoms with Crippen LogP contribution < -0.4 is 5.32 Å². The van der Waals surface area contributed by atoms with Crippen LogP contribution in [0.5, 0.6) is 0 Å². The summed E-state index contributed by atoms with van der Waals surface area (Å²) in [7, 11) is 0. The Bertz CT molecular complexity index is 1100. The number of halogens is 1. The van der Waals surface area contributed by atoms with Gasteiger partial charge in [0, 0.05) is 16.8 Å². The molecule has 0 aliphatic carbocycles. The highest BCUT2D eigenvalue weighted by molar-refractivity contribution is 7.80. The Kier molecular flexibility index (Phi) is 6.25. The number of ether oxygens (including phenoxy) is 1. The Morgan fingerprint density at radius 2 is 2.13 bits per heavy atom. The Morgan fingerprint density at radius 3 is 2.84 bits per heavy atom. The van der Waals surface area contributed by atoms with E-state index >= 15 is 0 Å². The molecule has 4 rings (SSSR count). The molecule has 3 heterocycles. The van der Waals surface area contributed by atoms with Gasteiger partial charge in [0.1, 0.15) is 24.1 Å². The smallest absolute Gasteiger partial charge is 0.325 e. The van der Waals surface area contributed by atoms with Crippen LogP contribution in [0, 0.1) is 6.92 Å². The van der Waals surface area contributed by atoms with E-state index in [9.17, 15) is 4.79 Å². The van der Waals surface area contributed by atoms with E-state index in [4.69, 9.17) is 33.0 Å². The predicted octanol–water partition coefficient (Wildman–Crippen LogP) is 4.84. The van der Waals surface area contributed by atoms with Gasteiger partial charge in [0.15, 0.2) is 5.11 Å². The van der Waals surface area contributed by atoms with E-state index in [1.807, 2.05) is 55.5 Å². The van der Waals surface area contributed by atoms with E-state index in [1.165, 1.54) is 0 Å². The number of aromatic nitrogens is 1. The normalized spacial score (nSPS) is 18.2. The summed E-state index contributed by atoms with van der Waals surface area (Å²) in [5, 5.41) is 4.41. The average molecular weight is 456 g/mol. The van der Waals surface area contributed by atoms with Gasteiger partial charge in [0.25, 0.3) is 0 Å². The minimum Gasteiger partial charge on any atom is -0.465 e. The molecule has 0 saturated carbocycles. The van der Waals surface area contributed by atoms with E-state index in [0.717, 1.165) is 16.8 Å². The van der Waals surface area contributed by atoms with Crippen LogP contribution in [0.3, 0.4) is 0 Å². The molecule has 2 atom stereocenters. The standard InChI is InChI=1S/C23H22ClN3O3S/c1-3-29-20(28)13-27-22(21(26-23(27)31)17-6-4-5-11-25-17)19-10-9-18(30-19)15-8-7-14(2)16(24)12-15/h4-12,21-22H,3,13H2,1-2H3,(H,26,31)/t21-,22-/m1/s1. The van der Waals surface area contributed by atoms with E-state index in [0.29, 0.717) is 28.3 Å². The number of rotatable bonds is 6. The van der Waals surface area contributed by atoms with E-state index in [2.05, 4.69) is 10.3 Å². The second kappa shape index (κ2) is 9.08. The Balaban J connectivity index is 1.71. The fourth-order valence-electron chi connectivity index (χ4n) is 3.64. The first-order valence-electron chi connectivity index (χ1n) is 9.98. The first-order chi connectivity index (χ1) is 15.0. The van der Waals surface area contributed by atoms with Gasteiger partial charge in [-0.2, -0.15) is 0 Å². The molecule has 0 amide bonds. The number of nitrogens with one attached hydrogen (secondary N) is 1. The fourth-order valence-corrected chi connectivity index (χ4v) is 4.13. The molecule has 0 bridgehead atoms. The molecule has 0 spiro atoms. The average Bonchev–Trinajstić information content (AvgIpc) is 3.36. The lowest BCUT2D eigenvalue weighted by Gasteiger charge is -2.25. The zero-order valence-corrected chi connectivity index (χ0v) is 18.7. The molecule has 8 heteroatoms. The van der Waals surface area contributed by atoms with Crippen molar-refractivity contribution in [1.29, 1.82) is 0 Å². The van der Waals surface area contributed by atoms with Crippen LogP contribution in [-0.4, -0.2) is 34.1 Å². The zero-order chi connectivity index (χ0) is 22.0. The van der Waals surface area contributed by atoms with Crippen molar-refractivity contribution in [2.24, 2.45) is 0 Å². The molecule has 160 valence electrons. The largest absolute Gasteiger partial charge is 0.465 e. The minimum atomic E-state index is -0.360. The molecule has 2 aromatic heterocycles. The topological polar surface area (TPSA) is 67.6 Å². The highest BCUT2D eigenvalue weighted by Crippen LogP contribution is 2.40. The van der Waals surface area contributed by atoms with E-state index in [-0.39, 0.29) is 24.6 Å². The number of aryl methyl sites for hydroxylation is 1. The first-order valence-corrected chi connectivity index (χ1v) is 10.8. The Hall–Kier alpha value is -2.90. The van der Waals surface area contributed by atoms with Gasteiger partial charge in [0.2, 0.25) is 0 Å². The number of furan rings is 1. The molecule has 1 aliphatic rings. The number of hydrogen-bond acceptors (Lipinski definition) is 5. The molecule has 0 unspecified atom stereocenters. The van der Waals surface area contributed by atoms with Gasteiger partial charge < -0.3 is 19.4 Å². The van der Waals surface area contributed by atoms with E-state index in [1.54, 1.807) is 18.0 Å². The van der Waals surface area contributed by atoms with Gasteiger partial charge in [-0.1, -0.05) is 29.8 Å². The quantitative estimate of drug-likeness (QED) is 0.421. The van der Waals surface area contributed by atoms with Crippen LogP contribution in [0.4, 0.5) is 0 Å². The van der Waals surface area contributed by atoms with Crippen LogP contribution in [0.25, 0.3) is 11.3 Å². The number of benzene rings is 1. The third-order valence-electron chi connectivity index (χ3n) is 5.18. The summed E-state index contributed by atoms with van der Waals surface area (Å²) in [4.78, 5) is 18.5. The molecule has 6 nitrogen and oxygen atoms in total. The lowest BCUT2D eigenvalue weighted by atomic mass is 10.0. The van der Waals surface area contributed by atoms with Crippen LogP contribution >= 0.6 is 23.8 Å². The molecule has 1 fully saturated rings. The Labute approximate surface area is 191 Å². The maximum atomic E-state index is 12.2. The summed E-state index contributed by atoms with van der Waals surface area (Å²) in [5.41, 5.74) is 2.68. The molecule has 1 aromatic carbocycles. The fraction of sp³-hybridized carbons (Fsp3) is 0.261. The molecule has 31 heavy (non-hydrogen) atoms. The lowest BCUT2D eigenvalue weighted by molar-refractivity contribution is -0.143. The van der Waals surface area contributed by atoms with Crippen molar-refractivity contribution < 1.29 is 13.9 Å². The second-order valence-corrected chi connectivity index (χ2v) is 8.02. The third-order valence-corrected chi connectivity index (χ3v) is 5.94. The Morgan fingerprint density at radius 1 is 1.29 bits per heavy atom. The molecule has 1 saturated heterocycles. The molecule has 0 radical (unpaired) electrons. The van der Waals surface area contributed by atoms with Crippen molar-refractivity contribution >= 4 is 34.9 Å². The van der Waals surface area contributed by atoms with Crippen LogP contribution in [-0.2, 0) is 9.53 Å². The van der Waals surface area contributed by atoms with Gasteiger partial charge in [-0.3, -0.25) is 9.78 Å². The van der Waals surface area contributed by atoms with Gasteiger partial charge in [-0.05, 0) is 62.0 Å². The summed E-state index contributed by atoms with van der Waals surface area (Å²) in [6.45, 7) is 4.05. The SMILES string of the molecule is CCOC(=O)CN1C(=S)N[C@H](c2ccccn2)[C@H]1c1ccc(-c2ccc(C)c(Cl)c2)o1. The zero-order valence-electron chi connectivity index (χ0n) is 17.2. The van der Waals surface area contributed by atoms with Crippen molar-refractivity contribution in [2.45, 2.75) is 25.9 Å². The number of hydrogen-bond donors (Lipinski definition) is 1. The number of carbonyl (C=O) groups is 1. The van der Waals surface area contributed by atoms with Gasteiger partial charge >= 0.3 is 5.97 Å². The van der Waals surface area contributed by atoms with Crippen molar-refractivity contribution in [1.82, 2.24) is 15.2 Å². The second-order valence-electron chi connectivity index (χ2n) is 7.23. The number of nitrogens with zero attached hydrogens (tertiary/aromatic N) is 2. The number of carbonyl (C=O) groups excluding carboxylic acids is 1. The third kappa shape index (κ3) is 4.43. The van der Waals surface area contributed by atoms with E-state index < -0.39 is 0 Å². The molecular formula is C23H22ClN3O3S. The van der Waals surface area contributed by atoms with Crippen LogP contribution in [0.1, 0.15) is 36.0 Å². The van der Waals surface area contributed by atoms with Gasteiger partial charge in [-0.15, -0.1) is 0 Å². The van der Waals surface area contributed by atoms with Crippen molar-refractivity contribution in [3.05, 3.63) is 76.8 Å². The van der Waals surface area contributed by atoms with Crippen LogP contribution in [0.2, 0.25) is 5.02 Å².